The second-order valence-electron chi connectivity index (χ2n) is 7.27. The largest absolute Gasteiger partial charge is 0.497 e. The first-order valence-corrected chi connectivity index (χ1v) is 9.65. The Kier molecular flexibility index (Phi) is 5.05. The van der Waals surface area contributed by atoms with Gasteiger partial charge < -0.3 is 14.4 Å². The molecule has 0 bridgehead atoms. The minimum Gasteiger partial charge on any atom is -0.497 e. The van der Waals surface area contributed by atoms with Crippen LogP contribution in [0.1, 0.15) is 45.2 Å². The van der Waals surface area contributed by atoms with Crippen LogP contribution in [-0.2, 0) is 0 Å². The molecule has 4 rings (SSSR count). The number of carbonyl (C=O) groups excluding carboxylic acids is 2. The van der Waals surface area contributed by atoms with Gasteiger partial charge in [-0.15, -0.1) is 0 Å². The van der Waals surface area contributed by atoms with Crippen molar-refractivity contribution in [1.29, 1.82) is 0 Å². The number of hydrogen-bond donors (Lipinski definition) is 1. The molecule has 0 radical (unpaired) electrons. The van der Waals surface area contributed by atoms with E-state index in [1.807, 2.05) is 12.1 Å². The van der Waals surface area contributed by atoms with Crippen molar-refractivity contribution in [3.8, 4) is 11.5 Å². The molecule has 0 spiro atoms. The van der Waals surface area contributed by atoms with Crippen molar-refractivity contribution in [2.24, 2.45) is 0 Å². The van der Waals surface area contributed by atoms with Gasteiger partial charge in [0.05, 0.1) is 50.5 Å². The van der Waals surface area contributed by atoms with E-state index in [-0.39, 0.29) is 17.9 Å². The maximum Gasteiger partial charge on any atom is 0.261 e. The first kappa shape index (κ1) is 18.5. The number of quaternary nitrogens is 1. The van der Waals surface area contributed by atoms with Gasteiger partial charge in [0.2, 0.25) is 0 Å². The van der Waals surface area contributed by atoms with Crippen molar-refractivity contribution in [2.75, 3.05) is 33.9 Å². The molecule has 1 N–H and O–H groups in total. The topological polar surface area (TPSA) is 60.3 Å². The molecular formula is C22H25N2O4+. The molecular weight excluding hydrogens is 356 g/mol. The summed E-state index contributed by atoms with van der Waals surface area (Å²) in [5, 5.41) is 0. The van der Waals surface area contributed by atoms with E-state index in [4.69, 9.17) is 9.47 Å². The third-order valence-corrected chi connectivity index (χ3v) is 5.83. The van der Waals surface area contributed by atoms with Gasteiger partial charge in [0.15, 0.2) is 0 Å². The number of likely N-dealkylation sites (tertiary alicyclic amines) is 1. The van der Waals surface area contributed by atoms with Crippen LogP contribution in [0.25, 0.3) is 0 Å². The van der Waals surface area contributed by atoms with Crippen LogP contribution >= 0.6 is 0 Å². The lowest BCUT2D eigenvalue weighted by Crippen LogP contribution is -3.11. The number of ether oxygens (including phenoxy) is 2. The number of fused-ring (bicyclic) bond motifs is 1. The Morgan fingerprint density at radius 1 is 1.04 bits per heavy atom. The van der Waals surface area contributed by atoms with Crippen molar-refractivity contribution in [3.05, 3.63) is 59.2 Å². The molecule has 28 heavy (non-hydrogen) atoms. The zero-order valence-corrected chi connectivity index (χ0v) is 16.2. The zero-order valence-electron chi connectivity index (χ0n) is 16.2. The fraction of sp³-hybridized carbons (Fsp3) is 0.364. The van der Waals surface area contributed by atoms with Crippen molar-refractivity contribution in [2.45, 2.75) is 18.9 Å². The Morgan fingerprint density at radius 3 is 2.39 bits per heavy atom. The molecule has 2 aliphatic rings. The van der Waals surface area contributed by atoms with Crippen LogP contribution in [0.15, 0.2) is 42.5 Å². The number of methoxy groups -OCH3 is 2. The van der Waals surface area contributed by atoms with Crippen LogP contribution in [0.3, 0.4) is 0 Å². The molecule has 2 heterocycles. The maximum atomic E-state index is 12.6. The monoisotopic (exact) mass is 381 g/mol. The van der Waals surface area contributed by atoms with Gasteiger partial charge in [-0.2, -0.15) is 0 Å². The summed E-state index contributed by atoms with van der Waals surface area (Å²) in [7, 11) is 3.31. The predicted molar refractivity (Wildman–Crippen MR) is 104 cm³/mol. The van der Waals surface area contributed by atoms with E-state index in [0.717, 1.165) is 43.0 Å². The highest BCUT2D eigenvalue weighted by molar-refractivity contribution is 6.21. The number of imide groups is 1. The summed E-state index contributed by atoms with van der Waals surface area (Å²) in [6, 6.07) is 13.3. The van der Waals surface area contributed by atoms with Crippen LogP contribution < -0.4 is 14.4 Å². The van der Waals surface area contributed by atoms with E-state index >= 15 is 0 Å². The van der Waals surface area contributed by atoms with Crippen LogP contribution in [0.2, 0.25) is 0 Å². The number of nitrogens with one attached hydrogen (secondary N) is 1. The van der Waals surface area contributed by atoms with Gasteiger partial charge in [0.25, 0.3) is 11.8 Å². The third-order valence-electron chi connectivity index (χ3n) is 5.83. The van der Waals surface area contributed by atoms with Crippen molar-refractivity contribution >= 4 is 11.8 Å². The summed E-state index contributed by atoms with van der Waals surface area (Å²) in [5.74, 6) is 1.23. The average Bonchev–Trinajstić information content (AvgIpc) is 3.29. The van der Waals surface area contributed by atoms with Crippen molar-refractivity contribution in [3.63, 3.8) is 0 Å². The van der Waals surface area contributed by atoms with Crippen molar-refractivity contribution in [1.82, 2.24) is 4.90 Å². The lowest BCUT2D eigenvalue weighted by molar-refractivity contribution is -0.917. The van der Waals surface area contributed by atoms with Crippen LogP contribution in [0.5, 0.6) is 11.5 Å². The second-order valence-corrected chi connectivity index (χ2v) is 7.27. The quantitative estimate of drug-likeness (QED) is 0.774. The number of hydrogen-bond acceptors (Lipinski definition) is 4. The Bertz CT molecular complexity index is 876. The van der Waals surface area contributed by atoms with Crippen LogP contribution in [0, 0.1) is 0 Å². The highest BCUT2D eigenvalue weighted by Crippen LogP contribution is 2.31. The van der Waals surface area contributed by atoms with E-state index in [1.165, 1.54) is 9.80 Å². The number of carbonyl (C=O) groups is 2. The molecule has 146 valence electrons. The first-order chi connectivity index (χ1) is 13.6. The minimum absolute atomic E-state index is 0.183. The number of amides is 2. The molecule has 2 amide bonds. The summed E-state index contributed by atoms with van der Waals surface area (Å²) in [5.41, 5.74) is 2.17. The average molecular weight is 381 g/mol. The third kappa shape index (κ3) is 3.14. The van der Waals surface area contributed by atoms with Gasteiger partial charge in [-0.3, -0.25) is 14.5 Å². The highest BCUT2D eigenvalue weighted by Gasteiger charge is 2.38. The first-order valence-electron chi connectivity index (χ1n) is 9.65. The lowest BCUT2D eigenvalue weighted by atomic mass is 10.0. The van der Waals surface area contributed by atoms with Gasteiger partial charge in [-0.25, -0.2) is 0 Å². The smallest absolute Gasteiger partial charge is 0.261 e. The molecule has 2 aromatic rings. The van der Waals surface area contributed by atoms with Gasteiger partial charge in [-0.1, -0.05) is 12.1 Å². The molecule has 1 fully saturated rings. The molecule has 6 heteroatoms. The minimum atomic E-state index is -0.183. The molecule has 2 aliphatic heterocycles. The molecule has 1 unspecified atom stereocenters. The number of nitrogens with zero attached hydrogens (tertiary/aromatic N) is 1. The number of rotatable bonds is 6. The SMILES string of the molecule is COc1ccc([C@H]2CCC[NH+]2CCN2C(=O)c3ccccc3C2=O)c(OC)c1. The van der Waals surface area contributed by atoms with Gasteiger partial charge in [-0.05, 0) is 24.3 Å². The van der Waals surface area contributed by atoms with E-state index in [2.05, 4.69) is 6.07 Å². The summed E-state index contributed by atoms with van der Waals surface area (Å²) in [4.78, 5) is 28.0. The normalized spacial score (nSPS) is 21.1. The Balaban J connectivity index is 1.49. The summed E-state index contributed by atoms with van der Waals surface area (Å²) in [6.45, 7) is 2.17. The Hall–Kier alpha value is -2.86. The molecule has 0 saturated carbocycles. The molecule has 1 saturated heterocycles. The van der Waals surface area contributed by atoms with Crippen LogP contribution in [0.4, 0.5) is 0 Å². The van der Waals surface area contributed by atoms with E-state index in [0.29, 0.717) is 17.7 Å². The summed E-state index contributed by atoms with van der Waals surface area (Å²) >= 11 is 0. The highest BCUT2D eigenvalue weighted by atomic mass is 16.5. The molecule has 2 atom stereocenters. The molecule has 0 aromatic heterocycles. The zero-order chi connectivity index (χ0) is 19.7. The second kappa shape index (κ2) is 7.64. The molecule has 6 nitrogen and oxygen atoms in total. The van der Waals surface area contributed by atoms with Gasteiger partial charge >= 0.3 is 0 Å². The van der Waals surface area contributed by atoms with Gasteiger partial charge in [0, 0.05) is 18.9 Å². The summed E-state index contributed by atoms with van der Waals surface area (Å²) < 4.78 is 10.9. The van der Waals surface area contributed by atoms with E-state index in [1.54, 1.807) is 38.5 Å². The van der Waals surface area contributed by atoms with Gasteiger partial charge in [0.1, 0.15) is 17.5 Å². The predicted octanol–water partition coefficient (Wildman–Crippen LogP) is 1.72. The standard InChI is InChI=1S/C22H24N2O4/c1-27-15-9-10-18(20(14-15)28-2)19-8-5-11-23(19)12-13-24-21(25)16-6-3-4-7-17(16)22(24)26/h3-4,6-7,9-10,14,19H,5,8,11-13H2,1-2H3/p+1/t19-/m1/s1. The lowest BCUT2D eigenvalue weighted by Gasteiger charge is -2.25. The number of benzene rings is 2. The summed E-state index contributed by atoms with van der Waals surface area (Å²) in [6.07, 6.45) is 2.16. The Labute approximate surface area is 164 Å². The van der Waals surface area contributed by atoms with Crippen LogP contribution in [-0.4, -0.2) is 50.6 Å². The molecule has 0 aliphatic carbocycles. The molecule has 2 aromatic carbocycles. The van der Waals surface area contributed by atoms with Crippen molar-refractivity contribution < 1.29 is 24.0 Å². The van der Waals surface area contributed by atoms with E-state index < -0.39 is 0 Å². The Morgan fingerprint density at radius 2 is 1.75 bits per heavy atom. The van der Waals surface area contributed by atoms with E-state index in [9.17, 15) is 9.59 Å². The maximum absolute atomic E-state index is 12.6. The fourth-order valence-corrected chi connectivity index (χ4v) is 4.39. The fourth-order valence-electron chi connectivity index (χ4n) is 4.39.